The van der Waals surface area contributed by atoms with E-state index >= 15 is 0 Å². The Labute approximate surface area is 156 Å². The molecule has 0 bridgehead atoms. The summed E-state index contributed by atoms with van der Waals surface area (Å²) in [4.78, 5) is 0. The molecule has 0 fully saturated rings. The van der Waals surface area contributed by atoms with Crippen LogP contribution in [0.1, 0.15) is 12.5 Å². The van der Waals surface area contributed by atoms with Gasteiger partial charge < -0.3 is 10.1 Å². The first-order valence-corrected chi connectivity index (χ1v) is 8.41. The summed E-state index contributed by atoms with van der Waals surface area (Å²) in [5, 5.41) is 9.80. The number of hydrazone groups is 1. The minimum absolute atomic E-state index is 0.294. The Kier molecular flexibility index (Phi) is 5.43. The molecule has 0 saturated carbocycles. The molecule has 132 valence electrons. The maximum Gasteiger partial charge on any atom is 0.191 e. The van der Waals surface area contributed by atoms with E-state index in [0.29, 0.717) is 10.8 Å². The van der Waals surface area contributed by atoms with Crippen LogP contribution in [0.25, 0.3) is 10.8 Å². The van der Waals surface area contributed by atoms with Crippen LogP contribution in [0.3, 0.4) is 0 Å². The smallest absolute Gasteiger partial charge is 0.191 e. The number of thiocarbonyl (C=S) groups is 1. The van der Waals surface area contributed by atoms with Gasteiger partial charge in [-0.15, -0.1) is 0 Å². The first-order chi connectivity index (χ1) is 12.5. The van der Waals surface area contributed by atoms with E-state index < -0.39 is 0 Å². The van der Waals surface area contributed by atoms with E-state index in [2.05, 4.69) is 21.9 Å². The molecule has 0 aliphatic rings. The van der Waals surface area contributed by atoms with E-state index in [-0.39, 0.29) is 5.82 Å². The molecule has 0 heterocycles. The third-order valence-corrected chi connectivity index (χ3v) is 4.09. The van der Waals surface area contributed by atoms with Gasteiger partial charge in [0.05, 0.1) is 12.8 Å². The lowest BCUT2D eigenvalue weighted by Gasteiger charge is -2.09. The van der Waals surface area contributed by atoms with Crippen LogP contribution in [-0.4, -0.2) is 17.9 Å². The number of rotatable bonds is 4. The Morgan fingerprint density at radius 3 is 2.42 bits per heavy atom. The van der Waals surface area contributed by atoms with Crippen molar-refractivity contribution >= 4 is 39.5 Å². The third-order valence-electron chi connectivity index (χ3n) is 3.89. The number of ether oxygens (including phenoxy) is 1. The predicted molar refractivity (Wildman–Crippen MR) is 108 cm³/mol. The molecule has 0 radical (unpaired) electrons. The molecule has 3 aromatic rings. The number of halogens is 1. The number of hydrogen-bond donors (Lipinski definition) is 2. The summed E-state index contributed by atoms with van der Waals surface area (Å²) < 4.78 is 18.2. The van der Waals surface area contributed by atoms with Crippen LogP contribution in [0.5, 0.6) is 5.75 Å². The van der Waals surface area contributed by atoms with E-state index in [9.17, 15) is 4.39 Å². The average molecular weight is 367 g/mol. The maximum atomic E-state index is 12.9. The number of anilines is 1. The molecule has 2 N–H and O–H groups in total. The Bertz CT molecular complexity index is 970. The number of nitrogens with one attached hydrogen (secondary N) is 2. The van der Waals surface area contributed by atoms with Gasteiger partial charge in [0.1, 0.15) is 11.6 Å². The summed E-state index contributed by atoms with van der Waals surface area (Å²) in [7, 11) is 1.65. The number of fused-ring (bicyclic) bond motifs is 1. The summed E-state index contributed by atoms with van der Waals surface area (Å²) >= 11 is 5.20. The third kappa shape index (κ3) is 4.34. The monoisotopic (exact) mass is 367 g/mol. The van der Waals surface area contributed by atoms with E-state index in [4.69, 9.17) is 17.0 Å². The van der Waals surface area contributed by atoms with Crippen LogP contribution >= 0.6 is 12.2 Å². The normalized spacial score (nSPS) is 11.3. The van der Waals surface area contributed by atoms with Gasteiger partial charge in [0.15, 0.2) is 5.11 Å². The zero-order chi connectivity index (χ0) is 18.5. The number of hydrogen-bond acceptors (Lipinski definition) is 3. The molecule has 0 saturated heterocycles. The second-order valence-corrected chi connectivity index (χ2v) is 6.11. The van der Waals surface area contributed by atoms with Crippen molar-refractivity contribution in [2.24, 2.45) is 5.10 Å². The highest BCUT2D eigenvalue weighted by Crippen LogP contribution is 2.22. The minimum Gasteiger partial charge on any atom is -0.497 e. The first kappa shape index (κ1) is 17.8. The Morgan fingerprint density at radius 1 is 1.00 bits per heavy atom. The molecule has 0 aromatic heterocycles. The van der Waals surface area contributed by atoms with Gasteiger partial charge in [0.2, 0.25) is 0 Å². The summed E-state index contributed by atoms with van der Waals surface area (Å²) in [6.45, 7) is 1.90. The molecule has 0 aliphatic heterocycles. The molecule has 0 aliphatic carbocycles. The SMILES string of the molecule is COc1ccc2cc(/C(C)=N\NC(=S)Nc3ccc(F)cc3)ccc2c1. The van der Waals surface area contributed by atoms with Gasteiger partial charge in [-0.2, -0.15) is 5.10 Å². The van der Waals surface area contributed by atoms with Crippen LogP contribution in [0.2, 0.25) is 0 Å². The maximum absolute atomic E-state index is 12.9. The van der Waals surface area contributed by atoms with Crippen LogP contribution in [0.4, 0.5) is 10.1 Å². The lowest BCUT2D eigenvalue weighted by atomic mass is 10.0. The Balaban J connectivity index is 1.69. The number of benzene rings is 3. The molecule has 6 heteroatoms. The average Bonchev–Trinajstić information content (AvgIpc) is 2.67. The lowest BCUT2D eigenvalue weighted by Crippen LogP contribution is -2.24. The van der Waals surface area contributed by atoms with Crippen molar-refractivity contribution < 1.29 is 9.13 Å². The zero-order valence-corrected chi connectivity index (χ0v) is 15.2. The number of methoxy groups -OCH3 is 1. The molecule has 4 nitrogen and oxygen atoms in total. The van der Waals surface area contributed by atoms with Gasteiger partial charge >= 0.3 is 0 Å². The van der Waals surface area contributed by atoms with E-state index in [0.717, 1.165) is 27.8 Å². The van der Waals surface area contributed by atoms with Gasteiger partial charge in [-0.05, 0) is 77.9 Å². The fourth-order valence-corrected chi connectivity index (χ4v) is 2.63. The summed E-state index contributed by atoms with van der Waals surface area (Å²) in [5.41, 5.74) is 5.28. The van der Waals surface area contributed by atoms with Crippen molar-refractivity contribution in [3.63, 3.8) is 0 Å². The molecular weight excluding hydrogens is 349 g/mol. The van der Waals surface area contributed by atoms with Crippen LogP contribution in [0.15, 0.2) is 65.8 Å². The topological polar surface area (TPSA) is 45.6 Å². The Morgan fingerprint density at radius 2 is 1.69 bits per heavy atom. The van der Waals surface area contributed by atoms with Crippen molar-refractivity contribution in [1.82, 2.24) is 5.43 Å². The van der Waals surface area contributed by atoms with Crippen molar-refractivity contribution in [3.05, 3.63) is 72.0 Å². The van der Waals surface area contributed by atoms with Crippen molar-refractivity contribution in [2.45, 2.75) is 6.92 Å². The highest BCUT2D eigenvalue weighted by Gasteiger charge is 2.03. The standard InChI is InChI=1S/C20H18FN3OS/c1-13(23-24-20(26)22-18-8-6-17(21)7-9-18)14-3-4-16-12-19(25-2)10-5-15(16)11-14/h3-12H,1-2H3,(H2,22,24,26)/b23-13-. The predicted octanol–water partition coefficient (Wildman–Crippen LogP) is 4.70. The lowest BCUT2D eigenvalue weighted by molar-refractivity contribution is 0.415. The van der Waals surface area contributed by atoms with Gasteiger partial charge in [-0.25, -0.2) is 4.39 Å². The highest BCUT2D eigenvalue weighted by atomic mass is 32.1. The van der Waals surface area contributed by atoms with Crippen molar-refractivity contribution in [1.29, 1.82) is 0 Å². The first-order valence-electron chi connectivity index (χ1n) is 8.00. The van der Waals surface area contributed by atoms with Gasteiger partial charge in [-0.1, -0.05) is 18.2 Å². The Hall–Kier alpha value is -2.99. The van der Waals surface area contributed by atoms with Crippen LogP contribution < -0.4 is 15.5 Å². The van der Waals surface area contributed by atoms with E-state index in [1.807, 2.05) is 37.3 Å². The quantitative estimate of drug-likeness (QED) is 0.399. The van der Waals surface area contributed by atoms with Gasteiger partial charge in [-0.3, -0.25) is 5.43 Å². The van der Waals surface area contributed by atoms with E-state index in [1.165, 1.54) is 12.1 Å². The molecule has 0 amide bonds. The summed E-state index contributed by atoms with van der Waals surface area (Å²) in [6.07, 6.45) is 0. The highest BCUT2D eigenvalue weighted by molar-refractivity contribution is 7.80. The van der Waals surface area contributed by atoms with Crippen molar-refractivity contribution in [3.8, 4) is 5.75 Å². The molecular formula is C20H18FN3OS. The second-order valence-electron chi connectivity index (χ2n) is 5.70. The largest absolute Gasteiger partial charge is 0.497 e. The molecule has 0 atom stereocenters. The minimum atomic E-state index is -0.294. The second kappa shape index (κ2) is 7.93. The van der Waals surface area contributed by atoms with Crippen LogP contribution in [-0.2, 0) is 0 Å². The molecule has 26 heavy (non-hydrogen) atoms. The fraction of sp³-hybridized carbons (Fsp3) is 0.100. The van der Waals surface area contributed by atoms with Gasteiger partial charge in [0.25, 0.3) is 0 Å². The molecule has 3 aromatic carbocycles. The molecule has 0 unspecified atom stereocenters. The summed E-state index contributed by atoms with van der Waals surface area (Å²) in [5.74, 6) is 0.534. The molecule has 0 spiro atoms. The van der Waals surface area contributed by atoms with Gasteiger partial charge in [0, 0.05) is 5.69 Å². The van der Waals surface area contributed by atoms with Crippen molar-refractivity contribution in [2.75, 3.05) is 12.4 Å². The zero-order valence-electron chi connectivity index (χ0n) is 14.4. The van der Waals surface area contributed by atoms with E-state index in [1.54, 1.807) is 19.2 Å². The molecule has 3 rings (SSSR count). The summed E-state index contributed by atoms with van der Waals surface area (Å²) in [6, 6.07) is 18.0. The number of nitrogens with zero attached hydrogens (tertiary/aromatic N) is 1. The fourth-order valence-electron chi connectivity index (χ4n) is 2.47. The van der Waals surface area contributed by atoms with Crippen LogP contribution in [0, 0.1) is 5.82 Å².